The van der Waals surface area contributed by atoms with Gasteiger partial charge in [0.1, 0.15) is 6.04 Å². The molecule has 3 N–H and O–H groups in total. The quantitative estimate of drug-likeness (QED) is 0.484. The van der Waals surface area contributed by atoms with E-state index < -0.39 is 35.3 Å². The molecule has 0 radical (unpaired) electrons. The summed E-state index contributed by atoms with van der Waals surface area (Å²) in [7, 11) is 0. The summed E-state index contributed by atoms with van der Waals surface area (Å²) in [4.78, 5) is 53.5. The van der Waals surface area contributed by atoms with E-state index in [0.29, 0.717) is 18.2 Å². The highest BCUT2D eigenvalue weighted by atomic mass is 16.3. The number of anilines is 1. The maximum Gasteiger partial charge on any atom is 0.264 e. The summed E-state index contributed by atoms with van der Waals surface area (Å²) < 4.78 is 0. The van der Waals surface area contributed by atoms with Crippen LogP contribution < -0.4 is 10.6 Å². The average Bonchev–Trinajstić information content (AvgIpc) is 3.74. The van der Waals surface area contributed by atoms with Crippen molar-refractivity contribution in [3.8, 4) is 0 Å². The van der Waals surface area contributed by atoms with Gasteiger partial charge in [0, 0.05) is 38.3 Å². The summed E-state index contributed by atoms with van der Waals surface area (Å²) in [6.45, 7) is 3.15. The van der Waals surface area contributed by atoms with Gasteiger partial charge in [-0.2, -0.15) is 0 Å². The number of carbonyl (C=O) groups excluding carboxylic acids is 4. The average molecular weight is 517 g/mol. The SMILES string of the molecule is O=C1CCC(N2C(=O)c3cccc(NCc4ccc(CN5CCC(O)(C6CC6)CC5)cc4)c3C2=O)C(=O)N1. The first kappa shape index (κ1) is 24.8. The molecule has 4 amide bonds. The molecule has 0 aromatic heterocycles. The zero-order chi connectivity index (χ0) is 26.4. The van der Waals surface area contributed by atoms with Crippen LogP contribution in [-0.4, -0.2) is 63.3 Å². The van der Waals surface area contributed by atoms with E-state index in [1.807, 2.05) is 0 Å². The minimum atomic E-state index is -0.983. The third-order valence-electron chi connectivity index (χ3n) is 8.44. The highest BCUT2D eigenvalue weighted by Gasteiger charge is 2.46. The highest BCUT2D eigenvalue weighted by Crippen LogP contribution is 2.45. The van der Waals surface area contributed by atoms with Crippen LogP contribution in [0.25, 0.3) is 0 Å². The summed E-state index contributed by atoms with van der Waals surface area (Å²) >= 11 is 0. The van der Waals surface area contributed by atoms with Crippen LogP contribution in [-0.2, 0) is 22.7 Å². The topological polar surface area (TPSA) is 119 Å². The van der Waals surface area contributed by atoms with E-state index in [0.717, 1.165) is 42.9 Å². The second-order valence-corrected chi connectivity index (χ2v) is 11.0. The Hall–Kier alpha value is -3.56. The van der Waals surface area contributed by atoms with E-state index in [4.69, 9.17) is 0 Å². The summed E-state index contributed by atoms with van der Waals surface area (Å²) in [5.74, 6) is -1.54. The molecule has 38 heavy (non-hydrogen) atoms. The van der Waals surface area contributed by atoms with Crippen molar-refractivity contribution in [2.75, 3.05) is 18.4 Å². The molecule has 1 saturated carbocycles. The molecule has 2 aromatic carbocycles. The lowest BCUT2D eigenvalue weighted by atomic mass is 9.86. The Morgan fingerprint density at radius 1 is 0.921 bits per heavy atom. The van der Waals surface area contributed by atoms with Crippen molar-refractivity contribution in [3.05, 3.63) is 64.7 Å². The Bertz CT molecular complexity index is 1290. The van der Waals surface area contributed by atoms with Crippen LogP contribution in [0.2, 0.25) is 0 Å². The number of nitrogens with zero attached hydrogens (tertiary/aromatic N) is 2. The van der Waals surface area contributed by atoms with Gasteiger partial charge < -0.3 is 10.4 Å². The van der Waals surface area contributed by atoms with Crippen LogP contribution in [0, 0.1) is 5.92 Å². The molecule has 1 atom stereocenters. The van der Waals surface area contributed by atoms with E-state index in [-0.39, 0.29) is 24.0 Å². The molecule has 0 bridgehead atoms. The van der Waals surface area contributed by atoms with Gasteiger partial charge in [0.2, 0.25) is 11.8 Å². The van der Waals surface area contributed by atoms with Crippen LogP contribution in [0.5, 0.6) is 0 Å². The van der Waals surface area contributed by atoms with Gasteiger partial charge >= 0.3 is 0 Å². The largest absolute Gasteiger partial charge is 0.390 e. The Morgan fingerprint density at radius 2 is 1.63 bits per heavy atom. The van der Waals surface area contributed by atoms with Gasteiger partial charge in [-0.3, -0.25) is 34.3 Å². The van der Waals surface area contributed by atoms with Gasteiger partial charge in [-0.1, -0.05) is 30.3 Å². The number of likely N-dealkylation sites (tertiary alicyclic amines) is 1. The molecule has 4 aliphatic rings. The molecule has 3 heterocycles. The van der Waals surface area contributed by atoms with Gasteiger partial charge in [0.05, 0.1) is 16.7 Å². The molecule has 2 aromatic rings. The smallest absolute Gasteiger partial charge is 0.264 e. The number of amides is 4. The van der Waals surface area contributed by atoms with E-state index >= 15 is 0 Å². The van der Waals surface area contributed by atoms with E-state index in [2.05, 4.69) is 39.8 Å². The van der Waals surface area contributed by atoms with Crippen molar-refractivity contribution >= 4 is 29.3 Å². The predicted molar refractivity (Wildman–Crippen MR) is 139 cm³/mol. The zero-order valence-electron chi connectivity index (χ0n) is 21.2. The molecule has 3 aliphatic heterocycles. The fourth-order valence-corrected chi connectivity index (χ4v) is 6.01. The number of fused-ring (bicyclic) bond motifs is 1. The number of benzene rings is 2. The van der Waals surface area contributed by atoms with Gasteiger partial charge in [-0.25, -0.2) is 0 Å². The maximum atomic E-state index is 13.3. The third kappa shape index (κ3) is 4.61. The normalized spacial score (nSPS) is 23.4. The van der Waals surface area contributed by atoms with Gasteiger partial charge in [0.25, 0.3) is 11.8 Å². The number of imide groups is 2. The first-order chi connectivity index (χ1) is 18.3. The predicted octanol–water partition coefficient (Wildman–Crippen LogP) is 2.44. The van der Waals surface area contributed by atoms with Crippen molar-refractivity contribution < 1.29 is 24.3 Å². The van der Waals surface area contributed by atoms with Crippen LogP contribution >= 0.6 is 0 Å². The molecular weight excluding hydrogens is 484 g/mol. The molecular formula is C29H32N4O5. The van der Waals surface area contributed by atoms with Gasteiger partial charge in [-0.05, 0) is 61.3 Å². The number of nitrogens with one attached hydrogen (secondary N) is 2. The molecule has 198 valence electrons. The van der Waals surface area contributed by atoms with Gasteiger partial charge in [-0.15, -0.1) is 0 Å². The lowest BCUT2D eigenvalue weighted by molar-refractivity contribution is -0.136. The lowest BCUT2D eigenvalue weighted by Crippen LogP contribution is -2.54. The standard InChI is InChI=1S/C29H32N4O5/c34-24-11-10-23(26(35)31-24)33-27(36)21-2-1-3-22(25(21)28(33)37)30-16-18-4-6-19(7-5-18)17-32-14-12-29(38,13-15-32)20-8-9-20/h1-7,20,23,30,38H,8-17H2,(H,31,34,35). The summed E-state index contributed by atoms with van der Waals surface area (Å²) in [5.41, 5.74) is 2.86. The van der Waals surface area contributed by atoms with Crippen LogP contribution in [0.3, 0.4) is 0 Å². The summed E-state index contributed by atoms with van der Waals surface area (Å²) in [6.07, 6.45) is 4.25. The third-order valence-corrected chi connectivity index (χ3v) is 8.44. The minimum Gasteiger partial charge on any atom is -0.390 e. The molecule has 6 rings (SSSR count). The van der Waals surface area contributed by atoms with Crippen molar-refractivity contribution in [2.45, 2.75) is 63.3 Å². The van der Waals surface area contributed by atoms with Gasteiger partial charge in [0.15, 0.2) is 0 Å². The number of hydrogen-bond donors (Lipinski definition) is 3. The highest BCUT2D eigenvalue weighted by molar-refractivity contribution is 6.25. The van der Waals surface area contributed by atoms with Crippen LogP contribution in [0.1, 0.15) is 70.4 Å². The molecule has 3 fully saturated rings. The molecule has 1 unspecified atom stereocenters. The number of aliphatic hydroxyl groups is 1. The molecule has 9 heteroatoms. The fraction of sp³-hybridized carbons (Fsp3) is 0.448. The number of hydrogen-bond acceptors (Lipinski definition) is 7. The molecule has 1 aliphatic carbocycles. The lowest BCUT2D eigenvalue weighted by Gasteiger charge is -2.38. The second kappa shape index (κ2) is 9.63. The first-order valence-electron chi connectivity index (χ1n) is 13.4. The zero-order valence-corrected chi connectivity index (χ0v) is 21.2. The van der Waals surface area contributed by atoms with Crippen molar-refractivity contribution in [3.63, 3.8) is 0 Å². The molecule has 2 saturated heterocycles. The Morgan fingerprint density at radius 3 is 2.32 bits per heavy atom. The molecule has 0 spiro atoms. The Labute approximate surface area is 221 Å². The number of piperidine rings is 2. The Balaban J connectivity index is 1.08. The molecule has 9 nitrogen and oxygen atoms in total. The summed E-state index contributed by atoms with van der Waals surface area (Å²) in [6, 6.07) is 12.4. The number of carbonyl (C=O) groups is 4. The first-order valence-corrected chi connectivity index (χ1v) is 13.4. The monoisotopic (exact) mass is 516 g/mol. The Kier molecular flexibility index (Phi) is 6.28. The van der Waals surface area contributed by atoms with E-state index in [1.165, 1.54) is 18.4 Å². The minimum absolute atomic E-state index is 0.0886. The summed E-state index contributed by atoms with van der Waals surface area (Å²) in [5, 5.41) is 16.3. The van der Waals surface area contributed by atoms with Crippen molar-refractivity contribution in [1.29, 1.82) is 0 Å². The second-order valence-electron chi connectivity index (χ2n) is 11.0. The van der Waals surface area contributed by atoms with E-state index in [9.17, 15) is 24.3 Å². The van der Waals surface area contributed by atoms with Crippen molar-refractivity contribution in [1.82, 2.24) is 15.1 Å². The van der Waals surface area contributed by atoms with Crippen molar-refractivity contribution in [2.24, 2.45) is 5.92 Å². The van der Waals surface area contributed by atoms with E-state index in [1.54, 1.807) is 18.2 Å². The number of rotatable bonds is 7. The fourth-order valence-electron chi connectivity index (χ4n) is 6.01. The van der Waals surface area contributed by atoms with Crippen LogP contribution in [0.4, 0.5) is 5.69 Å². The maximum absolute atomic E-state index is 13.3. The van der Waals surface area contributed by atoms with Crippen LogP contribution in [0.15, 0.2) is 42.5 Å².